The van der Waals surface area contributed by atoms with Gasteiger partial charge in [0.2, 0.25) is 0 Å². The molecule has 4 nitrogen and oxygen atoms in total. The first-order valence-corrected chi connectivity index (χ1v) is 6.51. The molecule has 106 valence electrons. The summed E-state index contributed by atoms with van der Waals surface area (Å²) in [5.41, 5.74) is 3.50. The molecular weight excluding hydrogens is 266 g/mol. The van der Waals surface area contributed by atoms with Gasteiger partial charge in [-0.25, -0.2) is 0 Å². The number of benzene rings is 2. The van der Waals surface area contributed by atoms with Crippen molar-refractivity contribution in [3.8, 4) is 0 Å². The highest BCUT2D eigenvalue weighted by molar-refractivity contribution is 6.07. The first kappa shape index (κ1) is 14.7. The number of carbonyl (C=O) groups excluding carboxylic acids is 1. The number of hydrogen-bond acceptors (Lipinski definition) is 3. The Balaban J connectivity index is 2.16. The van der Waals surface area contributed by atoms with Gasteiger partial charge in [-0.1, -0.05) is 29.8 Å². The van der Waals surface area contributed by atoms with Crippen LogP contribution in [-0.2, 0) is 0 Å². The molecule has 2 aromatic carbocycles. The molecule has 0 atom stereocenters. The van der Waals surface area contributed by atoms with Gasteiger partial charge in [0.1, 0.15) is 0 Å². The number of nitrogens with zero attached hydrogens (tertiary/aromatic N) is 1. The summed E-state index contributed by atoms with van der Waals surface area (Å²) in [7, 11) is 0. The zero-order chi connectivity index (χ0) is 15.4. The van der Waals surface area contributed by atoms with Crippen molar-refractivity contribution in [2.24, 2.45) is 0 Å². The summed E-state index contributed by atoms with van der Waals surface area (Å²) in [5.74, 6) is -0.0779. The zero-order valence-electron chi connectivity index (χ0n) is 11.9. The topological polar surface area (TPSA) is 60.2 Å². The first-order chi connectivity index (χ1) is 9.97. The summed E-state index contributed by atoms with van der Waals surface area (Å²) >= 11 is 0. The molecule has 0 radical (unpaired) electrons. The van der Waals surface area contributed by atoms with Crippen LogP contribution in [0.1, 0.15) is 27.0 Å². The van der Waals surface area contributed by atoms with Crippen molar-refractivity contribution < 1.29 is 9.72 Å². The van der Waals surface area contributed by atoms with Gasteiger partial charge in [0.25, 0.3) is 5.69 Å². The number of aryl methyl sites for hydroxylation is 2. The summed E-state index contributed by atoms with van der Waals surface area (Å²) in [6, 6.07) is 11.7. The maximum atomic E-state index is 12.1. The summed E-state index contributed by atoms with van der Waals surface area (Å²) in [6.07, 6.45) is 3.14. The van der Waals surface area contributed by atoms with E-state index in [4.69, 9.17) is 0 Å². The lowest BCUT2D eigenvalue weighted by atomic mass is 10.0. The second kappa shape index (κ2) is 6.13. The highest BCUT2D eigenvalue weighted by Gasteiger charge is 2.06. The Morgan fingerprint density at radius 2 is 1.76 bits per heavy atom. The van der Waals surface area contributed by atoms with Gasteiger partial charge in [0.05, 0.1) is 4.92 Å². The van der Waals surface area contributed by atoms with Crippen LogP contribution in [0.3, 0.4) is 0 Å². The van der Waals surface area contributed by atoms with Crippen LogP contribution < -0.4 is 0 Å². The van der Waals surface area contributed by atoms with Crippen molar-refractivity contribution in [3.63, 3.8) is 0 Å². The number of ketones is 1. The minimum Gasteiger partial charge on any atom is -0.289 e. The average molecular weight is 281 g/mol. The average Bonchev–Trinajstić information content (AvgIpc) is 2.45. The minimum atomic E-state index is -0.450. The maximum Gasteiger partial charge on any atom is 0.269 e. The Morgan fingerprint density at radius 3 is 2.33 bits per heavy atom. The molecule has 21 heavy (non-hydrogen) atoms. The van der Waals surface area contributed by atoms with Crippen molar-refractivity contribution in [3.05, 3.63) is 80.9 Å². The summed E-state index contributed by atoms with van der Waals surface area (Å²) in [4.78, 5) is 22.2. The SMILES string of the molecule is Cc1ccc(C(=O)/C=C/c2ccc([N+](=O)[O-])cc2)c(C)c1. The molecule has 0 aromatic heterocycles. The van der Waals surface area contributed by atoms with Crippen LogP contribution in [0.15, 0.2) is 48.5 Å². The van der Waals surface area contributed by atoms with E-state index in [1.54, 1.807) is 18.2 Å². The second-order valence-electron chi connectivity index (χ2n) is 4.86. The number of nitro benzene ring substituents is 1. The fourth-order valence-corrected chi connectivity index (χ4v) is 2.06. The molecule has 2 rings (SSSR count). The fraction of sp³-hybridized carbons (Fsp3) is 0.118. The fourth-order valence-electron chi connectivity index (χ4n) is 2.06. The van der Waals surface area contributed by atoms with Gasteiger partial charge >= 0.3 is 0 Å². The molecule has 0 N–H and O–H groups in total. The lowest BCUT2D eigenvalue weighted by Crippen LogP contribution is -1.98. The Bertz CT molecular complexity index is 715. The van der Waals surface area contributed by atoms with Crippen LogP contribution in [-0.4, -0.2) is 10.7 Å². The third-order valence-electron chi connectivity index (χ3n) is 3.18. The van der Waals surface area contributed by atoms with E-state index in [9.17, 15) is 14.9 Å². The quantitative estimate of drug-likeness (QED) is 0.367. The molecule has 0 saturated carbocycles. The van der Waals surface area contributed by atoms with Gasteiger partial charge in [-0.15, -0.1) is 0 Å². The molecule has 0 aliphatic rings. The Kier molecular flexibility index (Phi) is 4.28. The third-order valence-corrected chi connectivity index (χ3v) is 3.18. The molecule has 0 spiro atoms. The molecule has 0 aliphatic heterocycles. The van der Waals surface area contributed by atoms with E-state index in [1.165, 1.54) is 18.2 Å². The molecule has 2 aromatic rings. The number of nitro groups is 1. The van der Waals surface area contributed by atoms with Crippen molar-refractivity contribution in [1.82, 2.24) is 0 Å². The van der Waals surface area contributed by atoms with Crippen molar-refractivity contribution in [2.75, 3.05) is 0 Å². The van der Waals surface area contributed by atoms with Crippen molar-refractivity contribution >= 4 is 17.5 Å². The van der Waals surface area contributed by atoms with E-state index >= 15 is 0 Å². The van der Waals surface area contributed by atoms with E-state index in [0.717, 1.165) is 16.7 Å². The Hall–Kier alpha value is -2.75. The third kappa shape index (κ3) is 3.63. The molecule has 0 aliphatic carbocycles. The largest absolute Gasteiger partial charge is 0.289 e. The Morgan fingerprint density at radius 1 is 1.10 bits per heavy atom. The second-order valence-corrected chi connectivity index (χ2v) is 4.86. The van der Waals surface area contributed by atoms with E-state index in [1.807, 2.05) is 32.0 Å². The molecule has 0 saturated heterocycles. The predicted octanol–water partition coefficient (Wildman–Crippen LogP) is 4.11. The number of rotatable bonds is 4. The monoisotopic (exact) mass is 281 g/mol. The molecule has 4 heteroatoms. The van der Waals surface area contributed by atoms with Gasteiger partial charge in [-0.05, 0) is 43.2 Å². The molecular formula is C17H15NO3. The highest BCUT2D eigenvalue weighted by Crippen LogP contribution is 2.15. The zero-order valence-corrected chi connectivity index (χ0v) is 11.9. The van der Waals surface area contributed by atoms with E-state index < -0.39 is 4.92 Å². The van der Waals surface area contributed by atoms with Crippen LogP contribution >= 0.6 is 0 Å². The lowest BCUT2D eigenvalue weighted by Gasteiger charge is -2.02. The number of carbonyl (C=O) groups is 1. The normalized spacial score (nSPS) is 10.8. The van der Waals surface area contributed by atoms with Gasteiger partial charge in [-0.3, -0.25) is 14.9 Å². The predicted molar refractivity (Wildman–Crippen MR) is 82.4 cm³/mol. The number of allylic oxidation sites excluding steroid dienone is 1. The lowest BCUT2D eigenvalue weighted by molar-refractivity contribution is -0.384. The van der Waals surface area contributed by atoms with Crippen LogP contribution in [0.5, 0.6) is 0 Å². The van der Waals surface area contributed by atoms with Crippen LogP contribution in [0.2, 0.25) is 0 Å². The maximum absolute atomic E-state index is 12.1. The summed E-state index contributed by atoms with van der Waals surface area (Å²) < 4.78 is 0. The molecule has 0 fully saturated rings. The van der Waals surface area contributed by atoms with Gasteiger partial charge in [0.15, 0.2) is 5.78 Å². The highest BCUT2D eigenvalue weighted by atomic mass is 16.6. The van der Waals surface area contributed by atoms with Gasteiger partial charge in [0, 0.05) is 17.7 Å². The molecule has 0 amide bonds. The summed E-state index contributed by atoms with van der Waals surface area (Å²) in [6.45, 7) is 3.88. The molecule has 0 heterocycles. The van der Waals surface area contributed by atoms with Crippen LogP contribution in [0.4, 0.5) is 5.69 Å². The van der Waals surface area contributed by atoms with E-state index in [-0.39, 0.29) is 11.5 Å². The minimum absolute atomic E-state index is 0.0351. The summed E-state index contributed by atoms with van der Waals surface area (Å²) in [5, 5.41) is 10.6. The van der Waals surface area contributed by atoms with Crippen molar-refractivity contribution in [2.45, 2.75) is 13.8 Å². The Labute approximate surface area is 122 Å². The van der Waals surface area contributed by atoms with Gasteiger partial charge in [-0.2, -0.15) is 0 Å². The molecule has 0 bridgehead atoms. The number of non-ortho nitro benzene ring substituents is 1. The first-order valence-electron chi connectivity index (χ1n) is 6.51. The smallest absolute Gasteiger partial charge is 0.269 e. The van der Waals surface area contributed by atoms with E-state index in [2.05, 4.69) is 0 Å². The number of hydrogen-bond donors (Lipinski definition) is 0. The van der Waals surface area contributed by atoms with Crippen molar-refractivity contribution in [1.29, 1.82) is 0 Å². The molecule has 0 unspecified atom stereocenters. The van der Waals surface area contributed by atoms with Gasteiger partial charge < -0.3 is 0 Å². The van der Waals surface area contributed by atoms with E-state index in [0.29, 0.717) is 5.56 Å². The standard InChI is InChI=1S/C17H15NO3/c1-12-3-9-16(13(2)11-12)17(19)10-6-14-4-7-15(8-5-14)18(20)21/h3-11H,1-2H3/b10-6+. The van der Waals surface area contributed by atoms with Crippen LogP contribution in [0, 0.1) is 24.0 Å². The van der Waals surface area contributed by atoms with Crippen LogP contribution in [0.25, 0.3) is 6.08 Å².